The minimum atomic E-state index is -0.453. The first-order valence-electron chi connectivity index (χ1n) is 15.6. The average Bonchev–Trinajstić information content (AvgIpc) is 3.45. The molecule has 2 fully saturated rings. The van der Waals surface area contributed by atoms with Gasteiger partial charge in [0.05, 0.1) is 19.3 Å². The Labute approximate surface area is 251 Å². The summed E-state index contributed by atoms with van der Waals surface area (Å²) in [5, 5.41) is 9.44. The Morgan fingerprint density at radius 1 is 1.07 bits per heavy atom. The predicted molar refractivity (Wildman–Crippen MR) is 161 cm³/mol. The Hall–Kier alpha value is -2.85. The number of carbonyl (C=O) groups is 3. The van der Waals surface area contributed by atoms with Gasteiger partial charge < -0.3 is 34.0 Å². The maximum absolute atomic E-state index is 12.8. The van der Waals surface area contributed by atoms with Gasteiger partial charge >= 0.3 is 18.2 Å². The number of piperazine rings is 1. The lowest BCUT2D eigenvalue weighted by Crippen LogP contribution is -2.47. The molecule has 1 N–H and O–H groups in total. The van der Waals surface area contributed by atoms with Gasteiger partial charge in [0.2, 0.25) is 0 Å². The highest BCUT2D eigenvalue weighted by atomic mass is 16.6. The van der Waals surface area contributed by atoms with E-state index in [-0.39, 0.29) is 55.4 Å². The zero-order valence-corrected chi connectivity index (χ0v) is 25.9. The molecular formula is C32H51N3O7. The lowest BCUT2D eigenvalue weighted by molar-refractivity contribution is -0.148. The minimum absolute atomic E-state index is 0.0138. The SMILES string of the molecule is C/C(=C\C=C\[C@@H](C)COC(=O)N1CCC[C@H]1CO)[C@H]1OC(=O)CCCCC[C@@H](OC(=O)N2CCN(C)CC2)/C=C\[C@@H]1C. The molecule has 3 aliphatic rings. The summed E-state index contributed by atoms with van der Waals surface area (Å²) < 4.78 is 17.3. The minimum Gasteiger partial charge on any atom is -0.457 e. The topological polar surface area (TPSA) is 109 Å². The van der Waals surface area contributed by atoms with E-state index < -0.39 is 6.10 Å². The molecule has 10 nitrogen and oxygen atoms in total. The van der Waals surface area contributed by atoms with Crippen LogP contribution in [-0.4, -0.2) is 109 Å². The van der Waals surface area contributed by atoms with E-state index in [2.05, 4.69) is 11.9 Å². The fourth-order valence-electron chi connectivity index (χ4n) is 5.49. The molecule has 5 atom stereocenters. The van der Waals surface area contributed by atoms with Gasteiger partial charge in [-0.2, -0.15) is 0 Å². The highest BCUT2D eigenvalue weighted by molar-refractivity contribution is 5.70. The molecule has 0 aliphatic carbocycles. The normalized spacial score (nSPS) is 28.5. The van der Waals surface area contributed by atoms with Crippen LogP contribution in [0.1, 0.15) is 65.7 Å². The largest absolute Gasteiger partial charge is 0.457 e. The summed E-state index contributed by atoms with van der Waals surface area (Å²) in [4.78, 5) is 43.4. The van der Waals surface area contributed by atoms with Crippen LogP contribution in [0.5, 0.6) is 0 Å². The van der Waals surface area contributed by atoms with Crippen LogP contribution in [0.2, 0.25) is 0 Å². The molecule has 0 spiro atoms. The molecule has 0 radical (unpaired) electrons. The third-order valence-electron chi connectivity index (χ3n) is 8.29. The number of carbonyl (C=O) groups excluding carboxylic acids is 3. The number of hydrogen-bond donors (Lipinski definition) is 1. The summed E-state index contributed by atoms with van der Waals surface area (Å²) in [6.45, 7) is 9.73. The van der Waals surface area contributed by atoms with Crippen molar-refractivity contribution >= 4 is 18.2 Å². The molecule has 0 aromatic heterocycles. The summed E-state index contributed by atoms with van der Waals surface area (Å²) >= 11 is 0. The van der Waals surface area contributed by atoms with Gasteiger partial charge in [-0.05, 0) is 57.7 Å². The Bertz CT molecular complexity index is 973. The lowest BCUT2D eigenvalue weighted by Gasteiger charge is -2.32. The monoisotopic (exact) mass is 589 g/mol. The second kappa shape index (κ2) is 17.3. The number of ether oxygens (including phenoxy) is 3. The van der Waals surface area contributed by atoms with Crippen molar-refractivity contribution in [3.8, 4) is 0 Å². The fraction of sp³-hybridized carbons (Fsp3) is 0.719. The molecule has 0 aromatic carbocycles. The second-order valence-corrected chi connectivity index (χ2v) is 12.0. The molecule has 10 heteroatoms. The number of hydrogen-bond acceptors (Lipinski definition) is 8. The third-order valence-corrected chi connectivity index (χ3v) is 8.29. The number of likely N-dealkylation sites (N-methyl/N-ethyl adjacent to an activating group) is 1. The number of allylic oxidation sites excluding steroid dienone is 2. The molecular weight excluding hydrogens is 538 g/mol. The standard InChI is InChI=1S/C32H51N3O7/c1-24(23-40-32(39)35-17-9-12-27(35)22-36)10-8-11-25(2)30-26(3)15-16-28(13-6-5-7-14-29(37)42-30)41-31(38)34-20-18-33(4)19-21-34/h8,10-11,15-16,24,26-28,30,36H,5-7,9,12-14,17-23H2,1-4H3/b10-8+,16-15-,25-11+/t24-,26+,27+,28-,30-/m1/s1. The molecule has 0 saturated carbocycles. The molecule has 3 heterocycles. The van der Waals surface area contributed by atoms with Gasteiger partial charge in [-0.1, -0.05) is 44.6 Å². The predicted octanol–water partition coefficient (Wildman–Crippen LogP) is 4.54. The Morgan fingerprint density at radius 2 is 1.83 bits per heavy atom. The highest BCUT2D eigenvalue weighted by Gasteiger charge is 2.29. The van der Waals surface area contributed by atoms with Gasteiger partial charge in [-0.3, -0.25) is 4.79 Å². The van der Waals surface area contributed by atoms with Gasteiger partial charge in [0.15, 0.2) is 0 Å². The van der Waals surface area contributed by atoms with Crippen molar-refractivity contribution in [2.24, 2.45) is 11.8 Å². The number of esters is 1. The van der Waals surface area contributed by atoms with E-state index in [9.17, 15) is 19.5 Å². The van der Waals surface area contributed by atoms with Crippen molar-refractivity contribution in [2.75, 3.05) is 53.0 Å². The fourth-order valence-corrected chi connectivity index (χ4v) is 5.49. The van der Waals surface area contributed by atoms with Crippen LogP contribution in [0.4, 0.5) is 9.59 Å². The van der Waals surface area contributed by atoms with E-state index in [0.717, 1.165) is 57.2 Å². The lowest BCUT2D eigenvalue weighted by atomic mass is 9.95. The third kappa shape index (κ3) is 10.8. The molecule has 42 heavy (non-hydrogen) atoms. The van der Waals surface area contributed by atoms with E-state index in [1.165, 1.54) is 0 Å². The van der Waals surface area contributed by atoms with Crippen molar-refractivity contribution in [3.63, 3.8) is 0 Å². The summed E-state index contributed by atoms with van der Waals surface area (Å²) in [6, 6.07) is -0.155. The van der Waals surface area contributed by atoms with Crippen molar-refractivity contribution in [1.82, 2.24) is 14.7 Å². The maximum Gasteiger partial charge on any atom is 0.410 e. The van der Waals surface area contributed by atoms with Crippen LogP contribution < -0.4 is 0 Å². The number of cyclic esters (lactones) is 1. The smallest absolute Gasteiger partial charge is 0.410 e. The van der Waals surface area contributed by atoms with E-state index in [1.807, 2.05) is 51.2 Å². The van der Waals surface area contributed by atoms with E-state index in [4.69, 9.17) is 14.2 Å². The number of likely N-dealkylation sites (tertiary alicyclic amines) is 1. The molecule has 2 amide bonds. The van der Waals surface area contributed by atoms with E-state index in [1.54, 1.807) is 9.80 Å². The number of rotatable bonds is 7. The summed E-state index contributed by atoms with van der Waals surface area (Å²) in [7, 11) is 2.05. The summed E-state index contributed by atoms with van der Waals surface area (Å²) in [5.74, 6) is -0.347. The molecule has 3 aliphatic heterocycles. The van der Waals surface area contributed by atoms with Crippen LogP contribution >= 0.6 is 0 Å². The Morgan fingerprint density at radius 3 is 2.57 bits per heavy atom. The van der Waals surface area contributed by atoms with Crippen molar-refractivity contribution in [2.45, 2.75) is 84.0 Å². The molecule has 2 saturated heterocycles. The number of nitrogens with zero attached hydrogens (tertiary/aromatic N) is 3. The second-order valence-electron chi connectivity index (χ2n) is 12.0. The molecule has 0 bridgehead atoms. The summed E-state index contributed by atoms with van der Waals surface area (Å²) in [5.41, 5.74) is 0.895. The van der Waals surface area contributed by atoms with Gasteiger partial charge in [-0.25, -0.2) is 9.59 Å². The van der Waals surface area contributed by atoms with E-state index in [0.29, 0.717) is 26.1 Å². The van der Waals surface area contributed by atoms with Crippen LogP contribution in [0.15, 0.2) is 36.0 Å². The first kappa shape index (κ1) is 33.6. The Kier molecular flexibility index (Phi) is 13.9. The number of amides is 2. The maximum atomic E-state index is 12.8. The first-order valence-corrected chi connectivity index (χ1v) is 15.6. The first-order chi connectivity index (χ1) is 20.2. The molecule has 0 aromatic rings. The van der Waals surface area contributed by atoms with Gasteiger partial charge in [0, 0.05) is 51.0 Å². The average molecular weight is 590 g/mol. The Balaban J connectivity index is 1.59. The number of aliphatic hydroxyl groups excluding tert-OH is 1. The van der Waals surface area contributed by atoms with Gasteiger partial charge in [0.25, 0.3) is 0 Å². The summed E-state index contributed by atoms with van der Waals surface area (Å²) in [6.07, 6.45) is 13.5. The zero-order valence-electron chi connectivity index (χ0n) is 25.9. The van der Waals surface area contributed by atoms with Gasteiger partial charge in [0.1, 0.15) is 12.2 Å². The van der Waals surface area contributed by atoms with Crippen LogP contribution in [-0.2, 0) is 19.0 Å². The zero-order chi connectivity index (χ0) is 30.5. The molecule has 0 unspecified atom stereocenters. The van der Waals surface area contributed by atoms with Crippen molar-refractivity contribution < 1.29 is 33.7 Å². The number of aliphatic hydroxyl groups is 1. The van der Waals surface area contributed by atoms with Crippen molar-refractivity contribution in [3.05, 3.63) is 36.0 Å². The van der Waals surface area contributed by atoms with Crippen LogP contribution in [0, 0.1) is 11.8 Å². The van der Waals surface area contributed by atoms with E-state index >= 15 is 0 Å². The quantitative estimate of drug-likeness (QED) is 0.200. The van der Waals surface area contributed by atoms with Crippen LogP contribution in [0.3, 0.4) is 0 Å². The molecule has 236 valence electrons. The van der Waals surface area contributed by atoms with Crippen LogP contribution in [0.25, 0.3) is 0 Å². The molecule has 3 rings (SSSR count). The van der Waals surface area contributed by atoms with Crippen molar-refractivity contribution in [1.29, 1.82) is 0 Å². The highest BCUT2D eigenvalue weighted by Crippen LogP contribution is 2.23. The van der Waals surface area contributed by atoms with Gasteiger partial charge in [-0.15, -0.1) is 0 Å².